The fraction of sp³-hybridized carbons (Fsp3) is 1.00. The third-order valence-corrected chi connectivity index (χ3v) is 4.36. The van der Waals surface area contributed by atoms with E-state index in [1.54, 1.807) is 0 Å². The Morgan fingerprint density at radius 2 is 1.87 bits per heavy atom. The van der Waals surface area contributed by atoms with Crippen molar-refractivity contribution < 1.29 is 4.74 Å². The highest BCUT2D eigenvalue weighted by atomic mass is 16.5. The van der Waals surface area contributed by atoms with Crippen molar-refractivity contribution in [3.8, 4) is 0 Å². The summed E-state index contributed by atoms with van der Waals surface area (Å²) in [6.07, 6.45) is 5.32. The Kier molecular flexibility index (Phi) is 2.85. The van der Waals surface area contributed by atoms with E-state index in [2.05, 4.69) is 33.0 Å². The molecule has 0 aromatic heterocycles. The lowest BCUT2D eigenvalue weighted by atomic mass is 9.86. The topological polar surface area (TPSA) is 21.3 Å². The summed E-state index contributed by atoms with van der Waals surface area (Å²) in [5.74, 6) is 0.645. The van der Waals surface area contributed by atoms with Crippen molar-refractivity contribution in [2.75, 3.05) is 6.54 Å². The van der Waals surface area contributed by atoms with Crippen molar-refractivity contribution >= 4 is 0 Å². The minimum absolute atomic E-state index is 0.0389. The zero-order chi connectivity index (χ0) is 11.1. The zero-order valence-electron chi connectivity index (χ0n) is 10.6. The van der Waals surface area contributed by atoms with Crippen LogP contribution in [0.5, 0.6) is 0 Å². The van der Waals surface area contributed by atoms with Gasteiger partial charge in [-0.15, -0.1) is 0 Å². The van der Waals surface area contributed by atoms with E-state index in [-0.39, 0.29) is 5.72 Å². The summed E-state index contributed by atoms with van der Waals surface area (Å²) in [5.41, 5.74) is 0.449. The number of nitrogens with one attached hydrogen (secondary N) is 1. The summed E-state index contributed by atoms with van der Waals surface area (Å²) in [4.78, 5) is 0. The van der Waals surface area contributed by atoms with E-state index in [1.165, 1.54) is 12.8 Å². The second-order valence-corrected chi connectivity index (χ2v) is 5.70. The van der Waals surface area contributed by atoms with E-state index in [1.807, 2.05) is 0 Å². The van der Waals surface area contributed by atoms with Crippen LogP contribution in [0.1, 0.15) is 53.4 Å². The minimum atomic E-state index is -0.0389. The molecule has 1 spiro atoms. The predicted octanol–water partition coefficient (Wildman–Crippen LogP) is 2.93. The third-order valence-electron chi connectivity index (χ3n) is 4.36. The molecule has 1 saturated carbocycles. The van der Waals surface area contributed by atoms with E-state index in [4.69, 9.17) is 4.74 Å². The van der Waals surface area contributed by atoms with E-state index in [9.17, 15) is 0 Å². The lowest BCUT2D eigenvalue weighted by molar-refractivity contribution is -0.190. The van der Waals surface area contributed by atoms with Crippen LogP contribution in [-0.2, 0) is 4.74 Å². The average molecular weight is 211 g/mol. The van der Waals surface area contributed by atoms with E-state index in [0.29, 0.717) is 17.4 Å². The number of hydrogen-bond donors (Lipinski definition) is 1. The first-order chi connectivity index (χ1) is 7.07. The summed E-state index contributed by atoms with van der Waals surface area (Å²) >= 11 is 0. The van der Waals surface area contributed by atoms with Gasteiger partial charge >= 0.3 is 0 Å². The zero-order valence-corrected chi connectivity index (χ0v) is 10.6. The van der Waals surface area contributed by atoms with Gasteiger partial charge in [0, 0.05) is 12.0 Å². The molecule has 1 unspecified atom stereocenters. The van der Waals surface area contributed by atoms with Crippen molar-refractivity contribution in [3.05, 3.63) is 0 Å². The first kappa shape index (κ1) is 11.4. The molecule has 1 saturated heterocycles. The van der Waals surface area contributed by atoms with Crippen LogP contribution in [0.25, 0.3) is 0 Å². The second-order valence-electron chi connectivity index (χ2n) is 5.70. The van der Waals surface area contributed by atoms with Crippen molar-refractivity contribution in [3.63, 3.8) is 0 Å². The standard InChI is InChI=1S/C13H25NO/c1-5-13(6-2)14-9-12(7-8-12)11(15-13)10(3)4/h10-11,14H,5-9H2,1-4H3. The lowest BCUT2D eigenvalue weighted by Gasteiger charge is -2.47. The average Bonchev–Trinajstić information content (AvgIpc) is 3.00. The summed E-state index contributed by atoms with van der Waals surface area (Å²) in [6, 6.07) is 0. The van der Waals surface area contributed by atoms with Gasteiger partial charge in [0.05, 0.1) is 6.10 Å². The van der Waals surface area contributed by atoms with Crippen LogP contribution in [-0.4, -0.2) is 18.4 Å². The van der Waals surface area contributed by atoms with Crippen LogP contribution in [0.2, 0.25) is 0 Å². The van der Waals surface area contributed by atoms with Crippen LogP contribution >= 0.6 is 0 Å². The first-order valence-corrected chi connectivity index (χ1v) is 6.50. The minimum Gasteiger partial charge on any atom is -0.357 e. The highest BCUT2D eigenvalue weighted by Crippen LogP contribution is 2.54. The maximum Gasteiger partial charge on any atom is 0.119 e. The van der Waals surface area contributed by atoms with Crippen LogP contribution in [0.3, 0.4) is 0 Å². The van der Waals surface area contributed by atoms with Gasteiger partial charge in [-0.25, -0.2) is 0 Å². The molecule has 0 radical (unpaired) electrons. The van der Waals surface area contributed by atoms with Crippen molar-refractivity contribution in [2.24, 2.45) is 11.3 Å². The predicted molar refractivity (Wildman–Crippen MR) is 62.7 cm³/mol. The quantitative estimate of drug-likeness (QED) is 0.775. The molecule has 15 heavy (non-hydrogen) atoms. The fourth-order valence-corrected chi connectivity index (χ4v) is 2.98. The van der Waals surface area contributed by atoms with Gasteiger partial charge in [0.25, 0.3) is 0 Å². The Morgan fingerprint density at radius 3 is 2.27 bits per heavy atom. The lowest BCUT2D eigenvalue weighted by Crippen LogP contribution is -2.60. The van der Waals surface area contributed by atoms with E-state index in [0.717, 1.165) is 19.4 Å². The van der Waals surface area contributed by atoms with E-state index < -0.39 is 0 Å². The van der Waals surface area contributed by atoms with E-state index >= 15 is 0 Å². The normalized spacial score (nSPS) is 32.2. The van der Waals surface area contributed by atoms with Gasteiger partial charge in [-0.2, -0.15) is 0 Å². The maximum absolute atomic E-state index is 6.40. The molecule has 2 rings (SSSR count). The SMILES string of the molecule is CCC1(CC)NCC2(CC2)C(C(C)C)O1. The van der Waals surface area contributed by atoms with Crippen LogP contribution < -0.4 is 5.32 Å². The number of rotatable bonds is 3. The summed E-state index contributed by atoms with van der Waals surface area (Å²) < 4.78 is 6.40. The smallest absolute Gasteiger partial charge is 0.119 e. The monoisotopic (exact) mass is 211 g/mol. The van der Waals surface area contributed by atoms with Gasteiger partial charge in [0.15, 0.2) is 0 Å². The summed E-state index contributed by atoms with van der Waals surface area (Å²) in [6.45, 7) is 10.2. The molecule has 0 aromatic carbocycles. The molecule has 2 nitrogen and oxygen atoms in total. The number of hydrogen-bond acceptors (Lipinski definition) is 2. The molecule has 1 aliphatic carbocycles. The van der Waals surface area contributed by atoms with Crippen molar-refractivity contribution in [1.29, 1.82) is 0 Å². The molecule has 1 atom stereocenters. The molecule has 2 aliphatic rings. The molecular weight excluding hydrogens is 186 g/mol. The van der Waals surface area contributed by atoms with Crippen molar-refractivity contribution in [1.82, 2.24) is 5.32 Å². The Hall–Kier alpha value is -0.0800. The van der Waals surface area contributed by atoms with Crippen LogP contribution in [0.15, 0.2) is 0 Å². The Morgan fingerprint density at radius 1 is 1.27 bits per heavy atom. The molecule has 2 heteroatoms. The molecule has 2 fully saturated rings. The largest absolute Gasteiger partial charge is 0.357 e. The van der Waals surface area contributed by atoms with Gasteiger partial charge < -0.3 is 4.74 Å². The van der Waals surface area contributed by atoms with Gasteiger partial charge in [-0.1, -0.05) is 27.7 Å². The molecule has 88 valence electrons. The fourth-order valence-electron chi connectivity index (χ4n) is 2.98. The van der Waals surface area contributed by atoms with Crippen LogP contribution in [0, 0.1) is 11.3 Å². The highest BCUT2D eigenvalue weighted by molar-refractivity contribution is 5.06. The molecule has 0 amide bonds. The molecule has 1 N–H and O–H groups in total. The number of ether oxygens (including phenoxy) is 1. The van der Waals surface area contributed by atoms with Gasteiger partial charge in [0.2, 0.25) is 0 Å². The molecular formula is C13H25NO. The maximum atomic E-state index is 6.40. The first-order valence-electron chi connectivity index (χ1n) is 6.50. The highest BCUT2D eigenvalue weighted by Gasteiger charge is 2.56. The van der Waals surface area contributed by atoms with Crippen LogP contribution in [0.4, 0.5) is 0 Å². The molecule has 0 bridgehead atoms. The Bertz CT molecular complexity index is 229. The summed E-state index contributed by atoms with van der Waals surface area (Å²) in [7, 11) is 0. The third kappa shape index (κ3) is 1.83. The summed E-state index contributed by atoms with van der Waals surface area (Å²) in [5, 5.41) is 3.65. The second kappa shape index (κ2) is 3.74. The van der Waals surface area contributed by atoms with Gasteiger partial charge in [0.1, 0.15) is 5.72 Å². The van der Waals surface area contributed by atoms with Gasteiger partial charge in [-0.05, 0) is 31.6 Å². The van der Waals surface area contributed by atoms with Crippen molar-refractivity contribution in [2.45, 2.75) is 65.2 Å². The van der Waals surface area contributed by atoms with Gasteiger partial charge in [-0.3, -0.25) is 5.32 Å². The molecule has 0 aromatic rings. The molecule has 1 aliphatic heterocycles. The Labute approximate surface area is 93.8 Å². The Balaban J connectivity index is 2.12. The molecule has 1 heterocycles.